The van der Waals surface area contributed by atoms with Gasteiger partial charge >= 0.3 is 0 Å². The van der Waals surface area contributed by atoms with Gasteiger partial charge in [0.1, 0.15) is 22.8 Å². The van der Waals surface area contributed by atoms with Gasteiger partial charge in [-0.1, -0.05) is 193 Å². The summed E-state index contributed by atoms with van der Waals surface area (Å²) in [6, 6.07) is 65.9. The molecule has 0 saturated heterocycles. The van der Waals surface area contributed by atoms with Crippen molar-refractivity contribution in [3.8, 4) is 33.4 Å². The van der Waals surface area contributed by atoms with E-state index >= 15 is 8.78 Å². The summed E-state index contributed by atoms with van der Waals surface area (Å²) in [5.74, 6) is -1.47. The quantitative estimate of drug-likeness (QED) is 0.127. The number of hydrogen-bond acceptors (Lipinski definition) is 3. The second-order valence-corrected chi connectivity index (χ2v) is 24.9. The zero-order valence-corrected chi connectivity index (χ0v) is 48.8. The molecule has 3 aliphatic carbocycles. The predicted molar refractivity (Wildman–Crippen MR) is 344 cm³/mol. The molecule has 0 aliphatic heterocycles. The molecule has 1 aromatic heterocycles. The SMILES string of the molecule is C=C(/C=C\C(=C/C)C(C)(C)C)N(c1ccc2c(c1)C1(c3cc(F)ccc3C3C=CC(F)=CC31)c1cc(N(c3ccc(C(C)(C)C)cc3)c3ccc(C)cc3-c3ccccc3)c3c(oc4ccccc43)c1-2)c1ccc(C)cc1-c1ccccc1. The largest absolute Gasteiger partial charge is 0.455 e. The number of rotatable bonds is 10. The molecule has 0 saturated carbocycles. The molecule has 0 amide bonds. The highest BCUT2D eigenvalue weighted by molar-refractivity contribution is 6.19. The maximum absolute atomic E-state index is 16.8. The van der Waals surface area contributed by atoms with Gasteiger partial charge in [-0.3, -0.25) is 0 Å². The van der Waals surface area contributed by atoms with E-state index < -0.39 is 11.3 Å². The first-order valence-corrected chi connectivity index (χ1v) is 29.0. The van der Waals surface area contributed by atoms with Crippen LogP contribution in [-0.4, -0.2) is 0 Å². The van der Waals surface area contributed by atoms with Gasteiger partial charge in [0.05, 0.1) is 27.9 Å². The second kappa shape index (κ2) is 20.1. The van der Waals surface area contributed by atoms with Crippen LogP contribution in [-0.2, 0) is 10.8 Å². The van der Waals surface area contributed by atoms with Crippen LogP contribution in [0.25, 0.3) is 55.3 Å². The zero-order valence-electron chi connectivity index (χ0n) is 48.8. The van der Waals surface area contributed by atoms with Gasteiger partial charge in [0.25, 0.3) is 0 Å². The Balaban J connectivity index is 1.16. The van der Waals surface area contributed by atoms with Crippen molar-refractivity contribution in [2.75, 3.05) is 9.80 Å². The van der Waals surface area contributed by atoms with Crippen LogP contribution in [0.1, 0.15) is 93.3 Å². The van der Waals surface area contributed by atoms with Crippen LogP contribution in [0.4, 0.5) is 37.2 Å². The van der Waals surface area contributed by atoms with Crippen molar-refractivity contribution in [3.05, 3.63) is 293 Å². The second-order valence-electron chi connectivity index (χ2n) is 24.9. The molecule has 3 aliphatic rings. The van der Waals surface area contributed by atoms with Gasteiger partial charge < -0.3 is 14.2 Å². The van der Waals surface area contributed by atoms with Gasteiger partial charge in [-0.2, -0.15) is 0 Å². The Labute approximate surface area is 487 Å². The highest BCUT2D eigenvalue weighted by Gasteiger charge is 2.59. The number of allylic oxidation sites excluding steroid dienone is 8. The Morgan fingerprint density at radius 2 is 1.24 bits per heavy atom. The first-order chi connectivity index (χ1) is 39.9. The number of halogens is 2. The van der Waals surface area contributed by atoms with Crippen molar-refractivity contribution in [1.82, 2.24) is 0 Å². The van der Waals surface area contributed by atoms with E-state index in [-0.39, 0.29) is 28.4 Å². The van der Waals surface area contributed by atoms with Crippen molar-refractivity contribution in [2.24, 2.45) is 11.3 Å². The lowest BCUT2D eigenvalue weighted by Crippen LogP contribution is -2.33. The van der Waals surface area contributed by atoms with Crippen LogP contribution in [0.3, 0.4) is 0 Å². The highest BCUT2D eigenvalue weighted by Crippen LogP contribution is 2.68. The van der Waals surface area contributed by atoms with Gasteiger partial charge in [-0.25, -0.2) is 8.78 Å². The molecule has 3 atom stereocenters. The van der Waals surface area contributed by atoms with E-state index in [0.717, 1.165) is 117 Å². The molecular weight excluding hydrogens is 1020 g/mol. The third-order valence-corrected chi connectivity index (χ3v) is 17.6. The summed E-state index contributed by atoms with van der Waals surface area (Å²) in [7, 11) is 0. The number of nitrogens with zero attached hydrogens (tertiary/aromatic N) is 2. The molecular formula is C78H68F2N2O. The molecule has 1 heterocycles. The van der Waals surface area contributed by atoms with Gasteiger partial charge in [-0.05, 0) is 173 Å². The van der Waals surface area contributed by atoms with E-state index in [1.807, 2.05) is 30.3 Å². The first-order valence-electron chi connectivity index (χ1n) is 29.0. The Morgan fingerprint density at radius 3 is 1.90 bits per heavy atom. The van der Waals surface area contributed by atoms with E-state index in [0.29, 0.717) is 5.58 Å². The van der Waals surface area contributed by atoms with E-state index in [1.54, 1.807) is 24.3 Å². The van der Waals surface area contributed by atoms with Gasteiger partial charge in [0.2, 0.25) is 0 Å². The topological polar surface area (TPSA) is 19.6 Å². The lowest BCUT2D eigenvalue weighted by Gasteiger charge is -2.38. The Hall–Kier alpha value is -9.06. The standard InChI is InChI=1S/C78H68F2N2O/c1-11-53(76(5,6)7)29-28-50(4)81(69-40-26-48(2)42-63(69)51-20-14-12-15-21-51)58-36-39-61-67(46-58)78(65-44-55(79)32-37-59(65)60-38-33-56(80)45-66(60)78)68-47-71(74-62-24-18-19-25-72(62)83-75(74)73(61)68)82(57-34-30-54(31-35-57)77(8,9)10)70-41-27-49(3)43-64(70)52-22-16-13-17-23-52/h11-47,59,65H,4H2,1-3,5-10H3/b29-28-,53-11+. The van der Waals surface area contributed by atoms with Crippen LogP contribution in [0.15, 0.2) is 253 Å². The van der Waals surface area contributed by atoms with E-state index in [1.165, 1.54) is 11.1 Å². The van der Waals surface area contributed by atoms with Crippen molar-refractivity contribution >= 4 is 50.4 Å². The number of hydrogen-bond donors (Lipinski definition) is 0. The molecule has 9 aromatic carbocycles. The fraction of sp³-hybridized carbons (Fsp3) is 0.179. The summed E-state index contributed by atoms with van der Waals surface area (Å²) < 4.78 is 41.0. The molecule has 3 nitrogen and oxygen atoms in total. The number of benzene rings is 9. The summed E-state index contributed by atoms with van der Waals surface area (Å²) in [5.41, 5.74) is 19.9. The fourth-order valence-electron chi connectivity index (χ4n) is 13.7. The molecule has 0 fully saturated rings. The molecule has 410 valence electrons. The molecule has 0 radical (unpaired) electrons. The maximum atomic E-state index is 16.8. The number of aryl methyl sites for hydroxylation is 2. The van der Waals surface area contributed by atoms with Crippen LogP contribution in [0.5, 0.6) is 0 Å². The highest BCUT2D eigenvalue weighted by atomic mass is 19.1. The predicted octanol–water partition coefficient (Wildman–Crippen LogP) is 22.1. The van der Waals surface area contributed by atoms with Gasteiger partial charge in [-0.15, -0.1) is 0 Å². The maximum Gasteiger partial charge on any atom is 0.145 e. The van der Waals surface area contributed by atoms with Crippen LogP contribution in [0.2, 0.25) is 0 Å². The zero-order chi connectivity index (χ0) is 57.7. The normalized spacial score (nSPS) is 17.2. The van der Waals surface area contributed by atoms with Crippen LogP contribution < -0.4 is 9.80 Å². The molecule has 1 spiro atoms. The minimum atomic E-state index is -1.15. The molecule has 5 heteroatoms. The lowest BCUT2D eigenvalue weighted by atomic mass is 9.65. The third-order valence-electron chi connectivity index (χ3n) is 17.6. The lowest BCUT2D eigenvalue weighted by molar-refractivity contribution is 0.449. The first kappa shape index (κ1) is 53.3. The average Bonchev–Trinajstić information content (AvgIpc) is 1.53. The Morgan fingerprint density at radius 1 is 0.602 bits per heavy atom. The molecule has 0 N–H and O–H groups in total. The minimum Gasteiger partial charge on any atom is -0.455 e. The summed E-state index contributed by atoms with van der Waals surface area (Å²) in [5, 5.41) is 1.90. The Kier molecular flexibility index (Phi) is 12.9. The van der Waals surface area contributed by atoms with Gasteiger partial charge in [0, 0.05) is 51.0 Å². The smallest absolute Gasteiger partial charge is 0.145 e. The summed E-state index contributed by atoms with van der Waals surface area (Å²) in [4.78, 5) is 4.66. The molecule has 13 rings (SSSR count). The molecule has 3 unspecified atom stereocenters. The minimum absolute atomic E-state index is 0.0946. The Bertz CT molecular complexity index is 4370. The van der Waals surface area contributed by atoms with Crippen molar-refractivity contribution < 1.29 is 13.2 Å². The molecule has 83 heavy (non-hydrogen) atoms. The van der Waals surface area contributed by atoms with Gasteiger partial charge in [0.15, 0.2) is 0 Å². The number of anilines is 5. The fourth-order valence-corrected chi connectivity index (χ4v) is 13.7. The van der Waals surface area contributed by atoms with Crippen molar-refractivity contribution in [2.45, 2.75) is 79.1 Å². The van der Waals surface area contributed by atoms with E-state index in [4.69, 9.17) is 11.0 Å². The number of furan rings is 1. The third kappa shape index (κ3) is 8.83. The van der Waals surface area contributed by atoms with E-state index in [2.05, 4.69) is 242 Å². The average molecular weight is 1090 g/mol. The van der Waals surface area contributed by atoms with Crippen LogP contribution >= 0.6 is 0 Å². The van der Waals surface area contributed by atoms with E-state index in [9.17, 15) is 0 Å². The summed E-state index contributed by atoms with van der Waals surface area (Å²) in [6.07, 6.45) is 11.8. The summed E-state index contributed by atoms with van der Waals surface area (Å²) >= 11 is 0. The van der Waals surface area contributed by atoms with Crippen molar-refractivity contribution in [3.63, 3.8) is 0 Å². The van der Waals surface area contributed by atoms with Crippen LogP contribution in [0, 0.1) is 31.0 Å². The van der Waals surface area contributed by atoms with Crippen molar-refractivity contribution in [1.29, 1.82) is 0 Å². The monoisotopic (exact) mass is 1090 g/mol. The number of fused-ring (bicyclic) bond motifs is 14. The molecule has 10 aromatic rings. The molecule has 0 bridgehead atoms. The summed E-state index contributed by atoms with van der Waals surface area (Å²) in [6.45, 7) is 24.6. The number of para-hydroxylation sites is 1.